The Hall–Kier alpha value is -2.41. The first-order valence-corrected chi connectivity index (χ1v) is 5.33. The number of rotatable bonds is 2. The van der Waals surface area contributed by atoms with Crippen LogP contribution in [-0.2, 0) is 0 Å². The van der Waals surface area contributed by atoms with Crippen LogP contribution in [0.2, 0.25) is 0 Å². The van der Waals surface area contributed by atoms with E-state index >= 15 is 0 Å². The predicted octanol–water partition coefficient (Wildman–Crippen LogP) is 3.89. The number of hydrogen-bond acceptors (Lipinski definition) is 2. The molecule has 0 aliphatic carbocycles. The Labute approximate surface area is 103 Å². The lowest BCUT2D eigenvalue weighted by Gasteiger charge is -2.09. The lowest BCUT2D eigenvalue weighted by molar-refractivity contribution is 0.619. The van der Waals surface area contributed by atoms with Crippen molar-refractivity contribution >= 4 is 11.4 Å². The summed E-state index contributed by atoms with van der Waals surface area (Å²) in [4.78, 5) is 0. The zero-order valence-corrected chi connectivity index (χ0v) is 9.67. The van der Waals surface area contributed by atoms with E-state index in [0.29, 0.717) is 16.9 Å². The summed E-state index contributed by atoms with van der Waals surface area (Å²) in [5.41, 5.74) is 1.85. The SMILES string of the molecule is Cc1cc(Nc2ccc(F)cc2C#N)ccc1F. The largest absolute Gasteiger partial charge is 0.354 e. The molecule has 0 spiro atoms. The highest BCUT2D eigenvalue weighted by Crippen LogP contribution is 2.22. The van der Waals surface area contributed by atoms with Crippen LogP contribution >= 0.6 is 0 Å². The fourth-order valence-electron chi connectivity index (χ4n) is 1.60. The summed E-state index contributed by atoms with van der Waals surface area (Å²) in [5.74, 6) is -0.757. The number of aryl methyl sites for hydroxylation is 1. The number of anilines is 2. The van der Waals surface area contributed by atoms with Gasteiger partial charge in [0.05, 0.1) is 11.3 Å². The highest BCUT2D eigenvalue weighted by atomic mass is 19.1. The van der Waals surface area contributed by atoms with E-state index in [-0.39, 0.29) is 11.4 Å². The molecule has 0 aromatic heterocycles. The molecule has 2 rings (SSSR count). The van der Waals surface area contributed by atoms with Crippen molar-refractivity contribution < 1.29 is 8.78 Å². The predicted molar refractivity (Wildman–Crippen MR) is 65.5 cm³/mol. The van der Waals surface area contributed by atoms with E-state index in [9.17, 15) is 8.78 Å². The van der Waals surface area contributed by atoms with Gasteiger partial charge in [-0.25, -0.2) is 8.78 Å². The molecule has 0 aliphatic rings. The molecule has 2 aromatic rings. The Morgan fingerprint density at radius 3 is 2.56 bits per heavy atom. The first-order chi connectivity index (χ1) is 8.60. The van der Waals surface area contributed by atoms with Crippen molar-refractivity contribution in [3.05, 3.63) is 59.2 Å². The molecule has 0 saturated heterocycles. The maximum absolute atomic E-state index is 13.1. The van der Waals surface area contributed by atoms with E-state index in [0.717, 1.165) is 6.07 Å². The summed E-state index contributed by atoms with van der Waals surface area (Å²) in [6.07, 6.45) is 0. The molecule has 1 N–H and O–H groups in total. The number of benzene rings is 2. The number of nitrogens with one attached hydrogen (secondary N) is 1. The maximum Gasteiger partial charge on any atom is 0.126 e. The molecule has 0 unspecified atom stereocenters. The molecule has 0 atom stereocenters. The van der Waals surface area contributed by atoms with Gasteiger partial charge in [0.25, 0.3) is 0 Å². The average Bonchev–Trinajstić information content (AvgIpc) is 2.36. The lowest BCUT2D eigenvalue weighted by Crippen LogP contribution is -1.95. The topological polar surface area (TPSA) is 35.8 Å². The number of nitriles is 1. The number of hydrogen-bond donors (Lipinski definition) is 1. The normalized spacial score (nSPS) is 9.89. The number of halogens is 2. The van der Waals surface area contributed by atoms with Gasteiger partial charge in [-0.05, 0) is 48.9 Å². The Morgan fingerprint density at radius 2 is 1.89 bits per heavy atom. The fraction of sp³-hybridized carbons (Fsp3) is 0.0714. The van der Waals surface area contributed by atoms with Crippen molar-refractivity contribution in [1.29, 1.82) is 5.26 Å². The van der Waals surface area contributed by atoms with Gasteiger partial charge in [0.15, 0.2) is 0 Å². The number of nitrogens with zero attached hydrogens (tertiary/aromatic N) is 1. The summed E-state index contributed by atoms with van der Waals surface area (Å²) < 4.78 is 26.1. The maximum atomic E-state index is 13.1. The van der Waals surface area contributed by atoms with E-state index in [4.69, 9.17) is 5.26 Å². The van der Waals surface area contributed by atoms with Gasteiger partial charge in [-0.15, -0.1) is 0 Å². The van der Waals surface area contributed by atoms with E-state index in [2.05, 4.69) is 5.32 Å². The summed E-state index contributed by atoms with van der Waals surface area (Å²) in [6.45, 7) is 1.65. The molecule has 0 bridgehead atoms. The monoisotopic (exact) mass is 244 g/mol. The summed E-state index contributed by atoms with van der Waals surface area (Å²) in [5, 5.41) is 11.9. The molecular formula is C14H10F2N2. The second kappa shape index (κ2) is 4.84. The zero-order chi connectivity index (χ0) is 13.1. The Balaban J connectivity index is 2.34. The van der Waals surface area contributed by atoms with Gasteiger partial charge in [0.2, 0.25) is 0 Å². The molecule has 18 heavy (non-hydrogen) atoms. The second-order valence-corrected chi connectivity index (χ2v) is 3.89. The van der Waals surface area contributed by atoms with Crippen molar-refractivity contribution in [2.24, 2.45) is 0 Å². The van der Waals surface area contributed by atoms with Crippen molar-refractivity contribution in [3.63, 3.8) is 0 Å². The van der Waals surface area contributed by atoms with Gasteiger partial charge in [-0.1, -0.05) is 0 Å². The van der Waals surface area contributed by atoms with Gasteiger partial charge >= 0.3 is 0 Å². The van der Waals surface area contributed by atoms with Gasteiger partial charge in [0, 0.05) is 5.69 Å². The zero-order valence-electron chi connectivity index (χ0n) is 9.67. The van der Waals surface area contributed by atoms with Crippen LogP contribution in [0, 0.1) is 29.9 Å². The third-order valence-corrected chi connectivity index (χ3v) is 2.54. The van der Waals surface area contributed by atoms with Gasteiger partial charge in [-0.3, -0.25) is 0 Å². The average molecular weight is 244 g/mol. The lowest BCUT2D eigenvalue weighted by atomic mass is 10.1. The molecule has 0 heterocycles. The molecule has 0 amide bonds. The summed E-state index contributed by atoms with van der Waals surface area (Å²) in [6, 6.07) is 10.3. The molecule has 0 radical (unpaired) electrons. The molecule has 2 aromatic carbocycles. The van der Waals surface area contributed by atoms with Crippen LogP contribution < -0.4 is 5.32 Å². The van der Waals surface area contributed by atoms with E-state index < -0.39 is 5.82 Å². The molecule has 0 aliphatic heterocycles. The third-order valence-electron chi connectivity index (χ3n) is 2.54. The molecule has 4 heteroatoms. The first-order valence-electron chi connectivity index (χ1n) is 5.33. The Kier molecular flexibility index (Phi) is 3.24. The smallest absolute Gasteiger partial charge is 0.126 e. The van der Waals surface area contributed by atoms with Crippen molar-refractivity contribution in [2.45, 2.75) is 6.92 Å². The second-order valence-electron chi connectivity index (χ2n) is 3.89. The fourth-order valence-corrected chi connectivity index (χ4v) is 1.60. The Bertz CT molecular complexity index is 630. The third kappa shape index (κ3) is 2.46. The minimum atomic E-state index is -0.465. The van der Waals surface area contributed by atoms with Gasteiger partial charge < -0.3 is 5.32 Å². The van der Waals surface area contributed by atoms with Crippen LogP contribution in [0.3, 0.4) is 0 Å². The van der Waals surface area contributed by atoms with Crippen molar-refractivity contribution in [3.8, 4) is 6.07 Å². The molecule has 0 saturated carbocycles. The highest BCUT2D eigenvalue weighted by molar-refractivity contribution is 5.66. The van der Waals surface area contributed by atoms with Crippen molar-refractivity contribution in [2.75, 3.05) is 5.32 Å². The van der Waals surface area contributed by atoms with Gasteiger partial charge in [-0.2, -0.15) is 5.26 Å². The van der Waals surface area contributed by atoms with Crippen LogP contribution in [0.25, 0.3) is 0 Å². The minimum Gasteiger partial charge on any atom is -0.354 e. The highest BCUT2D eigenvalue weighted by Gasteiger charge is 2.05. The summed E-state index contributed by atoms with van der Waals surface area (Å²) >= 11 is 0. The van der Waals surface area contributed by atoms with Crippen LogP contribution in [0.4, 0.5) is 20.2 Å². The van der Waals surface area contributed by atoms with E-state index in [1.165, 1.54) is 18.2 Å². The molecule has 2 nitrogen and oxygen atoms in total. The first kappa shape index (κ1) is 12.1. The quantitative estimate of drug-likeness (QED) is 0.869. The molecule has 90 valence electrons. The molecule has 0 fully saturated rings. The van der Waals surface area contributed by atoms with Crippen LogP contribution in [0.15, 0.2) is 36.4 Å². The van der Waals surface area contributed by atoms with E-state index in [1.54, 1.807) is 19.1 Å². The van der Waals surface area contributed by atoms with Crippen LogP contribution in [0.1, 0.15) is 11.1 Å². The van der Waals surface area contributed by atoms with Crippen molar-refractivity contribution in [1.82, 2.24) is 0 Å². The molecular weight excluding hydrogens is 234 g/mol. The summed E-state index contributed by atoms with van der Waals surface area (Å²) in [7, 11) is 0. The minimum absolute atomic E-state index is 0.206. The van der Waals surface area contributed by atoms with Crippen LogP contribution in [-0.4, -0.2) is 0 Å². The standard InChI is InChI=1S/C14H10F2N2/c1-9-6-12(3-4-13(9)16)18-14-5-2-11(15)7-10(14)8-17/h2-7,18H,1H3. The van der Waals surface area contributed by atoms with Gasteiger partial charge in [0.1, 0.15) is 17.7 Å². The van der Waals surface area contributed by atoms with E-state index in [1.807, 2.05) is 6.07 Å². The Morgan fingerprint density at radius 1 is 1.11 bits per heavy atom. The van der Waals surface area contributed by atoms with Crippen LogP contribution in [0.5, 0.6) is 0 Å².